The number of aryl methyl sites for hydroxylation is 1. The molecule has 1 atom stereocenters. The lowest BCUT2D eigenvalue weighted by Gasteiger charge is -2.14. The van der Waals surface area contributed by atoms with Gasteiger partial charge in [-0.1, -0.05) is 12.1 Å². The maximum absolute atomic E-state index is 13.8. The van der Waals surface area contributed by atoms with Crippen LogP contribution in [0, 0.1) is 22.9 Å². The van der Waals surface area contributed by atoms with Gasteiger partial charge in [0.2, 0.25) is 5.75 Å². The van der Waals surface area contributed by atoms with Gasteiger partial charge in [0, 0.05) is 6.07 Å². The molecule has 0 amide bonds. The molecule has 0 fully saturated rings. The standard InChI is InChI=1S/C15H14FNO4/c1-9-6-7-13(12(8-9)17(19)20)21-14-5-3-4-11(16)15(14)10(2)18/h3-8,10,18H,1-2H3/t10-/m1/s1. The highest BCUT2D eigenvalue weighted by Crippen LogP contribution is 2.36. The lowest BCUT2D eigenvalue weighted by molar-refractivity contribution is -0.385. The summed E-state index contributed by atoms with van der Waals surface area (Å²) >= 11 is 0. The van der Waals surface area contributed by atoms with Crippen molar-refractivity contribution < 1.29 is 19.2 Å². The number of hydrogen-bond donors (Lipinski definition) is 1. The fourth-order valence-corrected chi connectivity index (χ4v) is 1.99. The molecule has 0 unspecified atom stereocenters. The summed E-state index contributed by atoms with van der Waals surface area (Å²) in [6.07, 6.45) is -1.09. The topological polar surface area (TPSA) is 72.6 Å². The minimum absolute atomic E-state index is 0.00176. The summed E-state index contributed by atoms with van der Waals surface area (Å²) in [6, 6.07) is 8.54. The predicted molar refractivity (Wildman–Crippen MR) is 74.9 cm³/mol. The molecule has 1 N–H and O–H groups in total. The molecule has 2 aromatic carbocycles. The molecule has 0 aliphatic carbocycles. The number of nitrogens with zero attached hydrogens (tertiary/aromatic N) is 1. The van der Waals surface area contributed by atoms with E-state index in [4.69, 9.17) is 4.74 Å². The van der Waals surface area contributed by atoms with Crippen LogP contribution >= 0.6 is 0 Å². The number of hydrogen-bond acceptors (Lipinski definition) is 4. The number of ether oxygens (including phenoxy) is 1. The molecule has 2 aromatic rings. The van der Waals surface area contributed by atoms with Crippen LogP contribution in [0.3, 0.4) is 0 Å². The van der Waals surface area contributed by atoms with Crippen LogP contribution in [0.5, 0.6) is 11.5 Å². The summed E-state index contributed by atoms with van der Waals surface area (Å²) in [5.41, 5.74) is 0.465. The third-order valence-electron chi connectivity index (χ3n) is 2.96. The van der Waals surface area contributed by atoms with Crippen LogP contribution in [0.1, 0.15) is 24.2 Å². The fraction of sp³-hybridized carbons (Fsp3) is 0.200. The summed E-state index contributed by atoms with van der Waals surface area (Å²) in [5, 5.41) is 20.7. The quantitative estimate of drug-likeness (QED) is 0.685. The number of aliphatic hydroxyl groups is 1. The van der Waals surface area contributed by atoms with Crippen LogP contribution < -0.4 is 4.74 Å². The van der Waals surface area contributed by atoms with E-state index in [1.807, 2.05) is 0 Å². The number of aliphatic hydroxyl groups excluding tert-OH is 1. The normalized spacial score (nSPS) is 12.0. The first kappa shape index (κ1) is 14.9. The average Bonchev–Trinajstić information content (AvgIpc) is 2.40. The number of halogens is 1. The van der Waals surface area contributed by atoms with Crippen molar-refractivity contribution in [3.63, 3.8) is 0 Å². The summed E-state index contributed by atoms with van der Waals surface area (Å²) in [4.78, 5) is 10.5. The van der Waals surface area contributed by atoms with Gasteiger partial charge in [0.15, 0.2) is 0 Å². The molecule has 0 saturated heterocycles. The Kier molecular flexibility index (Phi) is 4.18. The molecule has 5 nitrogen and oxygen atoms in total. The maximum Gasteiger partial charge on any atom is 0.311 e. The Hall–Kier alpha value is -2.47. The van der Waals surface area contributed by atoms with Gasteiger partial charge >= 0.3 is 5.69 Å². The Morgan fingerprint density at radius 1 is 1.29 bits per heavy atom. The second-order valence-corrected chi connectivity index (χ2v) is 4.66. The van der Waals surface area contributed by atoms with Gasteiger partial charge in [-0.3, -0.25) is 10.1 Å². The second kappa shape index (κ2) is 5.88. The summed E-state index contributed by atoms with van der Waals surface area (Å²) in [6.45, 7) is 3.12. The van der Waals surface area contributed by atoms with E-state index in [1.165, 1.54) is 37.3 Å². The average molecular weight is 291 g/mol. The van der Waals surface area contributed by atoms with Crippen molar-refractivity contribution in [2.75, 3.05) is 0 Å². The molecule has 0 heterocycles. The van der Waals surface area contributed by atoms with Gasteiger partial charge in [-0.2, -0.15) is 0 Å². The first-order valence-electron chi connectivity index (χ1n) is 6.29. The summed E-state index contributed by atoms with van der Waals surface area (Å²) in [5.74, 6) is -0.577. The molecule has 0 aliphatic rings. The molecule has 110 valence electrons. The minimum atomic E-state index is -1.09. The minimum Gasteiger partial charge on any atom is -0.450 e. The molecule has 0 bridgehead atoms. The monoisotopic (exact) mass is 291 g/mol. The van der Waals surface area contributed by atoms with Crippen molar-refractivity contribution in [2.45, 2.75) is 20.0 Å². The van der Waals surface area contributed by atoms with E-state index in [9.17, 15) is 19.6 Å². The molecule has 0 radical (unpaired) electrons. The van der Waals surface area contributed by atoms with E-state index < -0.39 is 16.8 Å². The SMILES string of the molecule is Cc1ccc(Oc2cccc(F)c2[C@@H](C)O)c([N+](=O)[O-])c1. The Labute approximate surface area is 120 Å². The lowest BCUT2D eigenvalue weighted by atomic mass is 10.1. The van der Waals surface area contributed by atoms with Gasteiger partial charge in [0.25, 0.3) is 0 Å². The molecule has 2 rings (SSSR count). The van der Waals surface area contributed by atoms with Crippen LogP contribution in [-0.4, -0.2) is 10.0 Å². The predicted octanol–water partition coefficient (Wildman–Crippen LogP) is 3.89. The number of rotatable bonds is 4. The van der Waals surface area contributed by atoms with Crippen LogP contribution in [0.25, 0.3) is 0 Å². The number of nitro groups is 1. The van der Waals surface area contributed by atoms with E-state index >= 15 is 0 Å². The lowest BCUT2D eigenvalue weighted by Crippen LogP contribution is -2.01. The van der Waals surface area contributed by atoms with E-state index in [-0.39, 0.29) is 22.7 Å². The number of benzene rings is 2. The molecule has 21 heavy (non-hydrogen) atoms. The number of nitro benzene ring substituents is 1. The largest absolute Gasteiger partial charge is 0.450 e. The summed E-state index contributed by atoms with van der Waals surface area (Å²) < 4.78 is 19.2. The van der Waals surface area contributed by atoms with Gasteiger partial charge < -0.3 is 9.84 Å². The maximum atomic E-state index is 13.8. The van der Waals surface area contributed by atoms with Crippen molar-refractivity contribution in [1.82, 2.24) is 0 Å². The Bertz CT molecular complexity index is 685. The van der Waals surface area contributed by atoms with Crippen LogP contribution in [-0.2, 0) is 0 Å². The zero-order valence-electron chi connectivity index (χ0n) is 11.5. The van der Waals surface area contributed by atoms with Crippen LogP contribution in [0.4, 0.5) is 10.1 Å². The fourth-order valence-electron chi connectivity index (χ4n) is 1.99. The molecular formula is C15H14FNO4. The van der Waals surface area contributed by atoms with E-state index in [0.717, 1.165) is 0 Å². The van der Waals surface area contributed by atoms with Gasteiger partial charge in [0.05, 0.1) is 16.6 Å². The van der Waals surface area contributed by atoms with Crippen molar-refractivity contribution >= 4 is 5.69 Å². The first-order valence-corrected chi connectivity index (χ1v) is 6.29. The highest BCUT2D eigenvalue weighted by atomic mass is 19.1. The highest BCUT2D eigenvalue weighted by Gasteiger charge is 2.20. The van der Waals surface area contributed by atoms with E-state index in [1.54, 1.807) is 13.0 Å². The van der Waals surface area contributed by atoms with Gasteiger partial charge in [-0.15, -0.1) is 0 Å². The molecule has 0 aliphatic heterocycles. The zero-order valence-corrected chi connectivity index (χ0v) is 11.5. The van der Waals surface area contributed by atoms with Crippen molar-refractivity contribution in [2.24, 2.45) is 0 Å². The first-order chi connectivity index (χ1) is 9.90. The van der Waals surface area contributed by atoms with Gasteiger partial charge in [-0.05, 0) is 37.6 Å². The van der Waals surface area contributed by atoms with Gasteiger partial charge in [-0.25, -0.2) is 4.39 Å². The Balaban J connectivity index is 2.49. The molecule has 0 saturated carbocycles. The Morgan fingerprint density at radius 2 is 2.00 bits per heavy atom. The molecule has 0 aromatic heterocycles. The third kappa shape index (κ3) is 3.17. The molecular weight excluding hydrogens is 277 g/mol. The molecule has 6 heteroatoms. The summed E-state index contributed by atoms with van der Waals surface area (Å²) in [7, 11) is 0. The van der Waals surface area contributed by atoms with Crippen molar-refractivity contribution in [3.05, 3.63) is 63.5 Å². The smallest absolute Gasteiger partial charge is 0.311 e. The van der Waals surface area contributed by atoms with Gasteiger partial charge in [0.1, 0.15) is 11.6 Å². The van der Waals surface area contributed by atoms with Crippen molar-refractivity contribution in [1.29, 1.82) is 0 Å². The third-order valence-corrected chi connectivity index (χ3v) is 2.96. The second-order valence-electron chi connectivity index (χ2n) is 4.66. The van der Waals surface area contributed by atoms with E-state index in [0.29, 0.717) is 5.56 Å². The Morgan fingerprint density at radius 3 is 2.62 bits per heavy atom. The molecule has 0 spiro atoms. The zero-order chi connectivity index (χ0) is 15.6. The highest BCUT2D eigenvalue weighted by molar-refractivity contribution is 5.51. The van der Waals surface area contributed by atoms with Crippen LogP contribution in [0.15, 0.2) is 36.4 Å². The van der Waals surface area contributed by atoms with Crippen molar-refractivity contribution in [3.8, 4) is 11.5 Å². The van der Waals surface area contributed by atoms with E-state index in [2.05, 4.69) is 0 Å². The van der Waals surface area contributed by atoms with Crippen LogP contribution in [0.2, 0.25) is 0 Å².